The molecule has 5 nitrogen and oxygen atoms in total. The van der Waals surface area contributed by atoms with E-state index in [9.17, 15) is 4.79 Å². The summed E-state index contributed by atoms with van der Waals surface area (Å²) in [6.07, 6.45) is 1.69. The van der Waals surface area contributed by atoms with E-state index in [1.165, 1.54) is 28.2 Å². The molecule has 1 N–H and O–H groups in total. The van der Waals surface area contributed by atoms with Gasteiger partial charge in [-0.1, -0.05) is 103 Å². The monoisotopic (exact) mass is 519 g/mol. The van der Waals surface area contributed by atoms with Crippen LogP contribution in [0.3, 0.4) is 0 Å². The lowest BCUT2D eigenvalue weighted by atomic mass is 9.98. The highest BCUT2D eigenvalue weighted by molar-refractivity contribution is 7.07. The third-order valence-electron chi connectivity index (χ3n) is 6.25. The standard InChI is InChI=1S/C32H29N3O2S/c1-23-12-14-25(15-13-23)21-30-34-32(38-35-30)37-28-18-16-26(17-19-28)22-31(36)33-29(27-10-6-3-7-11-27)20-24-8-4-2-5-9-24/h2-19,29H,20-22H2,1H3,(H,33,36). The molecular formula is C32H29N3O2S. The van der Waals surface area contributed by atoms with Gasteiger partial charge in [0.25, 0.3) is 5.19 Å². The van der Waals surface area contributed by atoms with E-state index >= 15 is 0 Å². The second kappa shape index (κ2) is 12.3. The SMILES string of the molecule is Cc1ccc(Cc2nsc(Oc3ccc(CC(=O)NC(Cc4ccccc4)c4ccccc4)cc3)n2)cc1. The Morgan fingerprint density at radius 3 is 2.18 bits per heavy atom. The number of carbonyl (C=O) groups is 1. The molecular weight excluding hydrogens is 490 g/mol. The van der Waals surface area contributed by atoms with Crippen LogP contribution in [0.1, 0.15) is 39.7 Å². The number of nitrogens with one attached hydrogen (secondary N) is 1. The van der Waals surface area contributed by atoms with Gasteiger partial charge in [-0.25, -0.2) is 0 Å². The summed E-state index contributed by atoms with van der Waals surface area (Å²) in [5.41, 5.74) is 5.58. The Morgan fingerprint density at radius 1 is 0.816 bits per heavy atom. The Morgan fingerprint density at radius 2 is 1.47 bits per heavy atom. The number of amides is 1. The second-order valence-electron chi connectivity index (χ2n) is 9.28. The molecule has 1 heterocycles. The van der Waals surface area contributed by atoms with Crippen molar-refractivity contribution in [1.82, 2.24) is 14.7 Å². The van der Waals surface area contributed by atoms with Gasteiger partial charge in [-0.05, 0) is 47.7 Å². The molecule has 5 rings (SSSR count). The predicted octanol–water partition coefficient (Wildman–Crippen LogP) is 6.87. The van der Waals surface area contributed by atoms with Gasteiger partial charge < -0.3 is 10.1 Å². The van der Waals surface area contributed by atoms with Crippen molar-refractivity contribution in [2.75, 3.05) is 0 Å². The van der Waals surface area contributed by atoms with E-state index in [2.05, 4.69) is 70.1 Å². The number of ether oxygens (including phenoxy) is 1. The molecule has 38 heavy (non-hydrogen) atoms. The minimum Gasteiger partial charge on any atom is -0.430 e. The van der Waals surface area contributed by atoms with Crippen LogP contribution in [0, 0.1) is 6.92 Å². The normalized spacial score (nSPS) is 11.6. The molecule has 0 saturated heterocycles. The zero-order valence-corrected chi connectivity index (χ0v) is 22.0. The van der Waals surface area contributed by atoms with Gasteiger partial charge in [0.2, 0.25) is 5.91 Å². The summed E-state index contributed by atoms with van der Waals surface area (Å²) in [6.45, 7) is 2.07. The minimum atomic E-state index is -0.0970. The molecule has 4 aromatic carbocycles. The average Bonchev–Trinajstić information content (AvgIpc) is 3.38. The average molecular weight is 520 g/mol. The van der Waals surface area contributed by atoms with Gasteiger partial charge in [0.1, 0.15) is 5.75 Å². The zero-order chi connectivity index (χ0) is 26.2. The molecule has 0 bridgehead atoms. The summed E-state index contributed by atoms with van der Waals surface area (Å²) < 4.78 is 10.3. The first-order valence-corrected chi connectivity index (χ1v) is 13.4. The van der Waals surface area contributed by atoms with E-state index in [0.29, 0.717) is 17.4 Å². The Balaban J connectivity index is 1.17. The van der Waals surface area contributed by atoms with Crippen LogP contribution in [-0.4, -0.2) is 15.3 Å². The second-order valence-corrected chi connectivity index (χ2v) is 10.00. The Bertz CT molecular complexity index is 1450. The summed E-state index contributed by atoms with van der Waals surface area (Å²) in [5.74, 6) is 1.39. The van der Waals surface area contributed by atoms with Gasteiger partial charge in [0.15, 0.2) is 5.82 Å². The van der Waals surface area contributed by atoms with Crippen molar-refractivity contribution in [3.8, 4) is 10.9 Å². The quantitative estimate of drug-likeness (QED) is 0.219. The molecule has 1 atom stereocenters. The highest BCUT2D eigenvalue weighted by Crippen LogP contribution is 2.25. The van der Waals surface area contributed by atoms with Crippen molar-refractivity contribution in [3.05, 3.63) is 143 Å². The fourth-order valence-corrected chi connectivity index (χ4v) is 4.80. The van der Waals surface area contributed by atoms with Crippen molar-refractivity contribution >= 4 is 17.4 Å². The molecule has 1 aromatic heterocycles. The number of hydrogen-bond acceptors (Lipinski definition) is 5. The fraction of sp³-hybridized carbons (Fsp3) is 0.156. The Kier molecular flexibility index (Phi) is 8.21. The lowest BCUT2D eigenvalue weighted by Gasteiger charge is -2.20. The lowest BCUT2D eigenvalue weighted by molar-refractivity contribution is -0.121. The molecule has 0 aliphatic rings. The molecule has 1 unspecified atom stereocenters. The van der Waals surface area contributed by atoms with Gasteiger partial charge >= 0.3 is 0 Å². The van der Waals surface area contributed by atoms with Crippen molar-refractivity contribution in [3.63, 3.8) is 0 Å². The van der Waals surface area contributed by atoms with Crippen LogP contribution in [-0.2, 0) is 24.1 Å². The van der Waals surface area contributed by atoms with E-state index in [0.717, 1.165) is 23.4 Å². The zero-order valence-electron chi connectivity index (χ0n) is 21.2. The van der Waals surface area contributed by atoms with Crippen LogP contribution in [0.25, 0.3) is 0 Å². The molecule has 0 aliphatic heterocycles. The van der Waals surface area contributed by atoms with Crippen LogP contribution in [0.2, 0.25) is 0 Å². The van der Waals surface area contributed by atoms with Gasteiger partial charge in [0, 0.05) is 18.0 Å². The number of nitrogens with zero attached hydrogens (tertiary/aromatic N) is 2. The third kappa shape index (κ3) is 7.14. The van der Waals surface area contributed by atoms with Crippen LogP contribution in [0.5, 0.6) is 10.9 Å². The number of rotatable bonds is 10. The van der Waals surface area contributed by atoms with Gasteiger partial charge in [-0.2, -0.15) is 9.36 Å². The van der Waals surface area contributed by atoms with Crippen LogP contribution < -0.4 is 10.1 Å². The van der Waals surface area contributed by atoms with Crippen molar-refractivity contribution in [2.45, 2.75) is 32.2 Å². The molecule has 0 aliphatic carbocycles. The van der Waals surface area contributed by atoms with E-state index in [1.807, 2.05) is 60.7 Å². The molecule has 5 aromatic rings. The summed E-state index contributed by atoms with van der Waals surface area (Å²) >= 11 is 1.24. The van der Waals surface area contributed by atoms with Crippen LogP contribution >= 0.6 is 11.5 Å². The molecule has 1 amide bonds. The van der Waals surface area contributed by atoms with Crippen molar-refractivity contribution < 1.29 is 9.53 Å². The highest BCUT2D eigenvalue weighted by atomic mass is 32.1. The molecule has 0 radical (unpaired) electrons. The third-order valence-corrected chi connectivity index (χ3v) is 6.88. The number of carbonyl (C=O) groups excluding carboxylic acids is 1. The summed E-state index contributed by atoms with van der Waals surface area (Å²) in [5, 5.41) is 3.73. The first kappa shape index (κ1) is 25.4. The topological polar surface area (TPSA) is 64.1 Å². The Hall–Kier alpha value is -4.29. The molecule has 0 fully saturated rings. The first-order chi connectivity index (χ1) is 18.6. The summed E-state index contributed by atoms with van der Waals surface area (Å²) in [6, 6.07) is 36.1. The van der Waals surface area contributed by atoms with E-state index in [-0.39, 0.29) is 18.4 Å². The molecule has 6 heteroatoms. The van der Waals surface area contributed by atoms with Gasteiger partial charge in [0.05, 0.1) is 12.5 Å². The maximum absolute atomic E-state index is 13.0. The highest BCUT2D eigenvalue weighted by Gasteiger charge is 2.16. The van der Waals surface area contributed by atoms with E-state index < -0.39 is 0 Å². The van der Waals surface area contributed by atoms with Crippen molar-refractivity contribution in [1.29, 1.82) is 0 Å². The number of benzene rings is 4. The predicted molar refractivity (Wildman–Crippen MR) is 152 cm³/mol. The smallest absolute Gasteiger partial charge is 0.298 e. The van der Waals surface area contributed by atoms with Gasteiger partial charge in [-0.15, -0.1) is 0 Å². The fourth-order valence-electron chi connectivity index (χ4n) is 4.23. The van der Waals surface area contributed by atoms with Crippen molar-refractivity contribution in [2.24, 2.45) is 0 Å². The molecule has 0 spiro atoms. The molecule has 0 saturated carbocycles. The molecule has 190 valence electrons. The first-order valence-electron chi connectivity index (χ1n) is 12.6. The van der Waals surface area contributed by atoms with E-state index in [4.69, 9.17) is 4.74 Å². The largest absolute Gasteiger partial charge is 0.430 e. The number of aromatic nitrogens is 2. The number of hydrogen-bond donors (Lipinski definition) is 1. The maximum Gasteiger partial charge on any atom is 0.298 e. The summed E-state index contributed by atoms with van der Waals surface area (Å²) in [4.78, 5) is 17.5. The Labute approximate surface area is 227 Å². The van der Waals surface area contributed by atoms with Gasteiger partial charge in [-0.3, -0.25) is 4.79 Å². The number of aryl methyl sites for hydroxylation is 1. The van der Waals surface area contributed by atoms with Crippen LogP contribution in [0.4, 0.5) is 0 Å². The lowest BCUT2D eigenvalue weighted by Crippen LogP contribution is -2.31. The van der Waals surface area contributed by atoms with Crippen LogP contribution in [0.15, 0.2) is 109 Å². The maximum atomic E-state index is 13.0. The minimum absolute atomic E-state index is 0.0201. The van der Waals surface area contributed by atoms with E-state index in [1.54, 1.807) is 0 Å². The summed E-state index contributed by atoms with van der Waals surface area (Å²) in [7, 11) is 0.